The molecule has 0 aliphatic heterocycles. The molecular formula is C12H19N5O2S. The molecule has 8 heteroatoms. The molecule has 110 valence electrons. The first-order valence-corrected chi connectivity index (χ1v) is 8.16. The fourth-order valence-corrected chi connectivity index (χ4v) is 2.65. The van der Waals surface area contributed by atoms with Gasteiger partial charge in [0.25, 0.3) is 0 Å². The maximum Gasteiger partial charge on any atom is 0.224 e. The second kappa shape index (κ2) is 7.17. The minimum absolute atomic E-state index is 0.311. The molecule has 0 aliphatic rings. The SMILES string of the molecule is CCN(CCCNc1nc(C)cc(C#N)n1)S(C)(=O)=O. The summed E-state index contributed by atoms with van der Waals surface area (Å²) in [7, 11) is -3.15. The molecule has 1 aromatic rings. The summed E-state index contributed by atoms with van der Waals surface area (Å²) in [6, 6.07) is 3.57. The number of sulfonamides is 1. The molecule has 0 amide bonds. The van der Waals surface area contributed by atoms with Crippen molar-refractivity contribution in [2.45, 2.75) is 20.3 Å². The first-order valence-electron chi connectivity index (χ1n) is 6.31. The number of nitriles is 1. The van der Waals surface area contributed by atoms with Gasteiger partial charge in [-0.3, -0.25) is 0 Å². The first kappa shape index (κ1) is 16.3. The van der Waals surface area contributed by atoms with Gasteiger partial charge in [-0.15, -0.1) is 0 Å². The van der Waals surface area contributed by atoms with E-state index in [4.69, 9.17) is 5.26 Å². The van der Waals surface area contributed by atoms with Gasteiger partial charge in [-0.25, -0.2) is 22.7 Å². The fraction of sp³-hybridized carbons (Fsp3) is 0.583. The summed E-state index contributed by atoms with van der Waals surface area (Å²) in [5, 5.41) is 11.8. The van der Waals surface area contributed by atoms with Gasteiger partial charge < -0.3 is 5.32 Å². The lowest BCUT2D eigenvalue weighted by Crippen LogP contribution is -2.31. The van der Waals surface area contributed by atoms with Gasteiger partial charge in [-0.2, -0.15) is 5.26 Å². The van der Waals surface area contributed by atoms with Crippen LogP contribution in [0.1, 0.15) is 24.7 Å². The lowest BCUT2D eigenvalue weighted by Gasteiger charge is -2.17. The summed E-state index contributed by atoms with van der Waals surface area (Å²) >= 11 is 0. The molecule has 0 aliphatic carbocycles. The van der Waals surface area contributed by atoms with Crippen molar-refractivity contribution in [3.05, 3.63) is 17.5 Å². The number of aryl methyl sites for hydroxylation is 1. The fourth-order valence-electron chi connectivity index (χ4n) is 1.72. The Hall–Kier alpha value is -1.72. The van der Waals surface area contributed by atoms with Crippen LogP contribution in [0.2, 0.25) is 0 Å². The molecule has 0 fully saturated rings. The molecule has 0 atom stereocenters. The highest BCUT2D eigenvalue weighted by atomic mass is 32.2. The lowest BCUT2D eigenvalue weighted by molar-refractivity contribution is 0.428. The quantitative estimate of drug-likeness (QED) is 0.745. The molecule has 7 nitrogen and oxygen atoms in total. The van der Waals surface area contributed by atoms with Crippen LogP contribution in [0.4, 0.5) is 5.95 Å². The summed E-state index contributed by atoms with van der Waals surface area (Å²) in [5.41, 5.74) is 1.02. The van der Waals surface area contributed by atoms with E-state index in [0.29, 0.717) is 43.4 Å². The molecule has 0 bridgehead atoms. The average Bonchev–Trinajstić information content (AvgIpc) is 2.36. The van der Waals surface area contributed by atoms with Crippen molar-refractivity contribution < 1.29 is 8.42 Å². The summed E-state index contributed by atoms with van der Waals surface area (Å²) in [4.78, 5) is 8.18. The third-order valence-corrected chi connectivity index (χ3v) is 4.04. The average molecular weight is 297 g/mol. The summed E-state index contributed by atoms with van der Waals surface area (Å²) in [5.74, 6) is 0.393. The van der Waals surface area contributed by atoms with E-state index in [1.54, 1.807) is 19.9 Å². The van der Waals surface area contributed by atoms with Gasteiger partial charge in [0.15, 0.2) is 0 Å². The highest BCUT2D eigenvalue weighted by molar-refractivity contribution is 7.88. The van der Waals surface area contributed by atoms with E-state index in [1.165, 1.54) is 10.6 Å². The summed E-state index contributed by atoms with van der Waals surface area (Å²) < 4.78 is 24.2. The van der Waals surface area contributed by atoms with Crippen LogP contribution < -0.4 is 5.32 Å². The minimum atomic E-state index is -3.15. The van der Waals surface area contributed by atoms with Gasteiger partial charge in [-0.05, 0) is 19.4 Å². The third-order valence-electron chi connectivity index (χ3n) is 2.66. The Morgan fingerprint density at radius 2 is 2.15 bits per heavy atom. The number of rotatable bonds is 7. The Bertz CT molecular complexity index is 594. The van der Waals surface area contributed by atoms with Gasteiger partial charge in [0, 0.05) is 25.3 Å². The maximum absolute atomic E-state index is 11.4. The Kier molecular flexibility index (Phi) is 5.85. The second-order valence-electron chi connectivity index (χ2n) is 4.36. The second-order valence-corrected chi connectivity index (χ2v) is 6.35. The molecule has 1 N–H and O–H groups in total. The zero-order chi connectivity index (χ0) is 15.2. The first-order chi connectivity index (χ1) is 9.36. The van der Waals surface area contributed by atoms with Crippen LogP contribution in [0.3, 0.4) is 0 Å². The van der Waals surface area contributed by atoms with E-state index in [9.17, 15) is 8.42 Å². The third kappa shape index (κ3) is 5.11. The Balaban J connectivity index is 2.49. The smallest absolute Gasteiger partial charge is 0.224 e. The van der Waals surface area contributed by atoms with Gasteiger partial charge in [0.1, 0.15) is 11.8 Å². The molecule has 0 saturated carbocycles. The van der Waals surface area contributed by atoms with Gasteiger partial charge in [0.2, 0.25) is 16.0 Å². The predicted molar refractivity (Wildman–Crippen MR) is 76.7 cm³/mol. The van der Waals surface area contributed by atoms with Gasteiger partial charge >= 0.3 is 0 Å². The minimum Gasteiger partial charge on any atom is -0.354 e. The molecule has 0 saturated heterocycles. The molecule has 1 aromatic heterocycles. The van der Waals surface area contributed by atoms with Crippen LogP contribution in [0.25, 0.3) is 0 Å². The van der Waals surface area contributed by atoms with E-state index in [2.05, 4.69) is 15.3 Å². The number of nitrogens with zero attached hydrogens (tertiary/aromatic N) is 4. The van der Waals surface area contributed by atoms with E-state index in [0.717, 1.165) is 0 Å². The van der Waals surface area contributed by atoms with Crippen molar-refractivity contribution in [2.75, 3.05) is 31.2 Å². The van der Waals surface area contributed by atoms with Crippen LogP contribution in [-0.2, 0) is 10.0 Å². The Morgan fingerprint density at radius 3 is 2.70 bits per heavy atom. The molecule has 1 heterocycles. The maximum atomic E-state index is 11.4. The number of aromatic nitrogens is 2. The molecule has 1 rings (SSSR count). The van der Waals surface area contributed by atoms with E-state index in [1.807, 2.05) is 6.07 Å². The Morgan fingerprint density at radius 1 is 1.45 bits per heavy atom. The lowest BCUT2D eigenvalue weighted by atomic mass is 10.3. The molecule has 20 heavy (non-hydrogen) atoms. The van der Waals surface area contributed by atoms with Crippen LogP contribution >= 0.6 is 0 Å². The van der Waals surface area contributed by atoms with Crippen LogP contribution in [0.15, 0.2) is 6.07 Å². The molecular weight excluding hydrogens is 278 g/mol. The molecule has 0 aromatic carbocycles. The van der Waals surface area contributed by atoms with E-state index in [-0.39, 0.29) is 0 Å². The molecule has 0 radical (unpaired) electrons. The van der Waals surface area contributed by atoms with Crippen molar-refractivity contribution in [1.29, 1.82) is 5.26 Å². The topological polar surface area (TPSA) is 99.0 Å². The van der Waals surface area contributed by atoms with Gasteiger partial charge in [-0.1, -0.05) is 6.92 Å². The van der Waals surface area contributed by atoms with E-state index < -0.39 is 10.0 Å². The summed E-state index contributed by atoms with van der Waals surface area (Å²) in [6.45, 7) is 5.03. The normalized spacial score (nSPS) is 11.3. The van der Waals surface area contributed by atoms with Crippen molar-refractivity contribution in [3.8, 4) is 6.07 Å². The van der Waals surface area contributed by atoms with Crippen LogP contribution in [-0.4, -0.2) is 48.6 Å². The Labute approximate surface area is 119 Å². The van der Waals surface area contributed by atoms with Crippen molar-refractivity contribution >= 4 is 16.0 Å². The van der Waals surface area contributed by atoms with Crippen molar-refractivity contribution in [2.24, 2.45) is 0 Å². The predicted octanol–water partition coefficient (Wildman–Crippen LogP) is 0.740. The van der Waals surface area contributed by atoms with Crippen LogP contribution in [0.5, 0.6) is 0 Å². The largest absolute Gasteiger partial charge is 0.354 e. The number of anilines is 1. The van der Waals surface area contributed by atoms with Crippen LogP contribution in [0, 0.1) is 18.3 Å². The standard InChI is InChI=1S/C12H19N5O2S/c1-4-17(20(3,18)19)7-5-6-14-12-15-10(2)8-11(9-13)16-12/h8H,4-7H2,1-3H3,(H,14,15,16). The number of hydrogen-bond donors (Lipinski definition) is 1. The number of hydrogen-bond acceptors (Lipinski definition) is 6. The van der Waals surface area contributed by atoms with Crippen molar-refractivity contribution in [3.63, 3.8) is 0 Å². The molecule has 0 spiro atoms. The highest BCUT2D eigenvalue weighted by Crippen LogP contribution is 2.04. The monoisotopic (exact) mass is 297 g/mol. The molecule has 0 unspecified atom stereocenters. The van der Waals surface area contributed by atoms with Gasteiger partial charge in [0.05, 0.1) is 6.26 Å². The zero-order valence-corrected chi connectivity index (χ0v) is 12.7. The van der Waals surface area contributed by atoms with E-state index >= 15 is 0 Å². The number of nitrogens with one attached hydrogen (secondary N) is 1. The zero-order valence-electron chi connectivity index (χ0n) is 11.9. The highest BCUT2D eigenvalue weighted by Gasteiger charge is 2.13. The van der Waals surface area contributed by atoms with Crippen molar-refractivity contribution in [1.82, 2.24) is 14.3 Å². The summed E-state index contributed by atoms with van der Waals surface area (Å²) in [6.07, 6.45) is 1.84.